The van der Waals surface area contributed by atoms with Crippen molar-refractivity contribution in [2.75, 3.05) is 6.54 Å². The third-order valence-electron chi connectivity index (χ3n) is 4.35. The SMILES string of the molecule is CC(O)CC(C)(C)CNC(=O)c1cc2c(ccc3ccccc32)[nH]1. The van der Waals surface area contributed by atoms with Crippen LogP contribution >= 0.6 is 0 Å². The van der Waals surface area contributed by atoms with Gasteiger partial charge in [0.15, 0.2) is 0 Å². The van der Waals surface area contributed by atoms with Crippen LogP contribution in [0, 0.1) is 5.41 Å². The summed E-state index contributed by atoms with van der Waals surface area (Å²) >= 11 is 0. The van der Waals surface area contributed by atoms with Crippen molar-refractivity contribution in [1.29, 1.82) is 0 Å². The first-order valence-electron chi connectivity index (χ1n) is 8.32. The number of benzene rings is 2. The quantitative estimate of drug-likeness (QED) is 0.667. The maximum atomic E-state index is 12.5. The smallest absolute Gasteiger partial charge is 0.267 e. The molecule has 1 amide bonds. The molecule has 1 unspecified atom stereocenters. The van der Waals surface area contributed by atoms with Crippen LogP contribution in [0.1, 0.15) is 37.7 Å². The zero-order valence-electron chi connectivity index (χ0n) is 14.4. The minimum absolute atomic E-state index is 0.117. The number of hydrogen-bond donors (Lipinski definition) is 3. The molecule has 3 N–H and O–H groups in total. The predicted molar refractivity (Wildman–Crippen MR) is 98.2 cm³/mol. The van der Waals surface area contributed by atoms with E-state index in [1.165, 1.54) is 0 Å². The fourth-order valence-corrected chi connectivity index (χ4v) is 3.29. The van der Waals surface area contributed by atoms with Gasteiger partial charge in [-0.25, -0.2) is 0 Å². The Morgan fingerprint density at radius 2 is 1.96 bits per heavy atom. The summed E-state index contributed by atoms with van der Waals surface area (Å²) in [5.41, 5.74) is 1.37. The molecule has 0 aliphatic carbocycles. The van der Waals surface area contributed by atoms with Crippen molar-refractivity contribution in [2.24, 2.45) is 5.41 Å². The number of H-pyrrole nitrogens is 1. The lowest BCUT2D eigenvalue weighted by molar-refractivity contribution is 0.0898. The zero-order chi connectivity index (χ0) is 17.3. The van der Waals surface area contributed by atoms with E-state index >= 15 is 0 Å². The molecule has 24 heavy (non-hydrogen) atoms. The highest BCUT2D eigenvalue weighted by Gasteiger charge is 2.22. The molecule has 0 saturated carbocycles. The molecule has 0 saturated heterocycles. The minimum atomic E-state index is -0.378. The molecule has 4 nitrogen and oxygen atoms in total. The maximum absolute atomic E-state index is 12.5. The van der Waals surface area contributed by atoms with Gasteiger partial charge >= 0.3 is 0 Å². The lowest BCUT2D eigenvalue weighted by Crippen LogP contribution is -2.35. The molecule has 0 bridgehead atoms. The van der Waals surface area contributed by atoms with Crippen LogP contribution in [-0.4, -0.2) is 28.6 Å². The summed E-state index contributed by atoms with van der Waals surface area (Å²) in [6, 6.07) is 14.1. The van der Waals surface area contributed by atoms with Crippen LogP contribution in [0.2, 0.25) is 0 Å². The largest absolute Gasteiger partial charge is 0.393 e. The van der Waals surface area contributed by atoms with Gasteiger partial charge in [-0.3, -0.25) is 4.79 Å². The number of aromatic nitrogens is 1. The highest BCUT2D eigenvalue weighted by Crippen LogP contribution is 2.26. The van der Waals surface area contributed by atoms with E-state index in [4.69, 9.17) is 0 Å². The van der Waals surface area contributed by atoms with E-state index in [1.807, 2.05) is 38.1 Å². The van der Waals surface area contributed by atoms with E-state index < -0.39 is 0 Å². The minimum Gasteiger partial charge on any atom is -0.393 e. The van der Waals surface area contributed by atoms with Crippen molar-refractivity contribution in [3.8, 4) is 0 Å². The number of aliphatic hydroxyl groups is 1. The van der Waals surface area contributed by atoms with E-state index in [2.05, 4.69) is 28.5 Å². The fraction of sp³-hybridized carbons (Fsp3) is 0.350. The third kappa shape index (κ3) is 3.44. The molecule has 3 rings (SSSR count). The van der Waals surface area contributed by atoms with Gasteiger partial charge in [-0.1, -0.05) is 44.2 Å². The second-order valence-electron chi connectivity index (χ2n) is 7.33. The van der Waals surface area contributed by atoms with Gasteiger partial charge in [0.25, 0.3) is 5.91 Å². The summed E-state index contributed by atoms with van der Waals surface area (Å²) in [6.07, 6.45) is 0.265. The fourth-order valence-electron chi connectivity index (χ4n) is 3.29. The normalized spacial score (nSPS) is 13.3. The lowest BCUT2D eigenvalue weighted by Gasteiger charge is -2.26. The predicted octanol–water partition coefficient (Wildman–Crippen LogP) is 3.85. The number of amides is 1. The van der Waals surface area contributed by atoms with Crippen molar-refractivity contribution in [3.05, 3.63) is 48.2 Å². The molecule has 4 heteroatoms. The molecule has 0 fully saturated rings. The molecule has 126 valence electrons. The van der Waals surface area contributed by atoms with Crippen LogP contribution < -0.4 is 5.32 Å². The van der Waals surface area contributed by atoms with Crippen LogP contribution in [0.3, 0.4) is 0 Å². The maximum Gasteiger partial charge on any atom is 0.267 e. The van der Waals surface area contributed by atoms with Gasteiger partial charge in [-0.05, 0) is 41.7 Å². The Hall–Kier alpha value is -2.33. The number of carbonyl (C=O) groups excluding carboxylic acids is 1. The molecule has 2 aromatic carbocycles. The number of aliphatic hydroxyl groups excluding tert-OH is 1. The topological polar surface area (TPSA) is 65.1 Å². The van der Waals surface area contributed by atoms with Crippen molar-refractivity contribution < 1.29 is 9.90 Å². The molecule has 0 radical (unpaired) electrons. The van der Waals surface area contributed by atoms with Crippen LogP contribution in [0.4, 0.5) is 0 Å². The van der Waals surface area contributed by atoms with E-state index in [1.54, 1.807) is 6.92 Å². The summed E-state index contributed by atoms with van der Waals surface area (Å²) in [5.74, 6) is -0.117. The Balaban J connectivity index is 1.82. The van der Waals surface area contributed by atoms with Crippen molar-refractivity contribution in [3.63, 3.8) is 0 Å². The van der Waals surface area contributed by atoms with Crippen molar-refractivity contribution in [2.45, 2.75) is 33.3 Å². The lowest BCUT2D eigenvalue weighted by atomic mass is 9.87. The first kappa shape index (κ1) is 16.5. The number of hydrogen-bond acceptors (Lipinski definition) is 2. The molecular formula is C20H24N2O2. The number of nitrogens with one attached hydrogen (secondary N) is 2. The summed E-state index contributed by atoms with van der Waals surface area (Å²) in [6.45, 7) is 6.37. The Morgan fingerprint density at radius 1 is 1.21 bits per heavy atom. The van der Waals surface area contributed by atoms with Crippen LogP contribution in [-0.2, 0) is 0 Å². The standard InChI is InChI=1S/C20H24N2O2/c1-13(23)11-20(2,3)12-21-19(24)18-10-16-15-7-5-4-6-14(15)8-9-17(16)22-18/h4-10,13,22-23H,11-12H2,1-3H3,(H,21,24). The number of rotatable bonds is 5. The average Bonchev–Trinajstić information content (AvgIpc) is 2.96. The Kier molecular flexibility index (Phi) is 4.33. The first-order chi connectivity index (χ1) is 11.4. The van der Waals surface area contributed by atoms with Gasteiger partial charge < -0.3 is 15.4 Å². The second kappa shape index (κ2) is 6.29. The summed E-state index contributed by atoms with van der Waals surface area (Å²) in [7, 11) is 0. The first-order valence-corrected chi connectivity index (χ1v) is 8.32. The summed E-state index contributed by atoms with van der Waals surface area (Å²) in [4.78, 5) is 15.7. The van der Waals surface area contributed by atoms with Gasteiger partial charge in [0, 0.05) is 17.4 Å². The molecule has 0 aliphatic heterocycles. The molecule has 0 spiro atoms. The van der Waals surface area contributed by atoms with E-state index in [0.29, 0.717) is 18.7 Å². The number of aromatic amines is 1. The van der Waals surface area contributed by atoms with Crippen molar-refractivity contribution in [1.82, 2.24) is 10.3 Å². The monoisotopic (exact) mass is 324 g/mol. The molecule has 3 aromatic rings. The van der Waals surface area contributed by atoms with Gasteiger partial charge in [-0.15, -0.1) is 0 Å². The molecular weight excluding hydrogens is 300 g/mol. The molecule has 1 atom stereocenters. The average molecular weight is 324 g/mol. The highest BCUT2D eigenvalue weighted by atomic mass is 16.3. The van der Waals surface area contributed by atoms with E-state index in [9.17, 15) is 9.90 Å². The third-order valence-corrected chi connectivity index (χ3v) is 4.35. The number of carbonyl (C=O) groups is 1. The van der Waals surface area contributed by atoms with Gasteiger partial charge in [0.05, 0.1) is 6.10 Å². The highest BCUT2D eigenvalue weighted by molar-refractivity contribution is 6.09. The van der Waals surface area contributed by atoms with Gasteiger partial charge in [0.2, 0.25) is 0 Å². The number of fused-ring (bicyclic) bond motifs is 3. The van der Waals surface area contributed by atoms with E-state index in [0.717, 1.165) is 21.7 Å². The zero-order valence-corrected chi connectivity index (χ0v) is 14.4. The molecule has 0 aliphatic rings. The Labute approximate surface area is 141 Å². The van der Waals surface area contributed by atoms with Gasteiger partial charge in [-0.2, -0.15) is 0 Å². The second-order valence-corrected chi connectivity index (χ2v) is 7.33. The Bertz CT molecular complexity index is 878. The molecule has 1 aromatic heterocycles. The summed E-state index contributed by atoms with van der Waals surface area (Å²) in [5, 5.41) is 15.9. The summed E-state index contributed by atoms with van der Waals surface area (Å²) < 4.78 is 0. The van der Waals surface area contributed by atoms with Gasteiger partial charge in [0.1, 0.15) is 5.69 Å². The van der Waals surface area contributed by atoms with Crippen LogP contribution in [0.15, 0.2) is 42.5 Å². The van der Waals surface area contributed by atoms with E-state index in [-0.39, 0.29) is 17.4 Å². The Morgan fingerprint density at radius 3 is 2.71 bits per heavy atom. The van der Waals surface area contributed by atoms with Crippen LogP contribution in [0.5, 0.6) is 0 Å². The molecule has 1 heterocycles. The van der Waals surface area contributed by atoms with Crippen molar-refractivity contribution >= 4 is 27.6 Å². The van der Waals surface area contributed by atoms with Crippen LogP contribution in [0.25, 0.3) is 21.7 Å².